The number of hydrogen-bond acceptors (Lipinski definition) is 4. The predicted molar refractivity (Wildman–Crippen MR) is 69.5 cm³/mol. The molecule has 0 aliphatic carbocycles. The lowest BCUT2D eigenvalue weighted by atomic mass is 10.1. The molecular formula is C13H19N3O2. The van der Waals surface area contributed by atoms with Gasteiger partial charge >= 0.3 is 0 Å². The van der Waals surface area contributed by atoms with E-state index in [2.05, 4.69) is 10.3 Å². The molecule has 1 fully saturated rings. The van der Waals surface area contributed by atoms with Gasteiger partial charge in [0.25, 0.3) is 5.91 Å². The number of pyridine rings is 1. The van der Waals surface area contributed by atoms with E-state index in [1.54, 1.807) is 17.2 Å². The molecule has 0 saturated carbocycles. The lowest BCUT2D eigenvalue weighted by Gasteiger charge is -2.29. The average Bonchev–Trinajstić information content (AvgIpc) is 2.40. The van der Waals surface area contributed by atoms with Crippen molar-refractivity contribution in [2.24, 2.45) is 0 Å². The van der Waals surface area contributed by atoms with Gasteiger partial charge in [-0.2, -0.15) is 0 Å². The number of nitrogens with one attached hydrogen (secondary N) is 1. The molecule has 0 atom stereocenters. The molecule has 0 bridgehead atoms. The van der Waals surface area contributed by atoms with Crippen LogP contribution >= 0.6 is 0 Å². The van der Waals surface area contributed by atoms with Crippen molar-refractivity contribution in [2.75, 3.05) is 25.0 Å². The van der Waals surface area contributed by atoms with Crippen molar-refractivity contribution >= 4 is 11.7 Å². The van der Waals surface area contributed by atoms with Crippen molar-refractivity contribution in [3.8, 4) is 0 Å². The third-order valence-corrected chi connectivity index (χ3v) is 3.12. The molecule has 2 N–H and O–H groups in total. The van der Waals surface area contributed by atoms with E-state index >= 15 is 0 Å². The lowest BCUT2D eigenvalue weighted by molar-refractivity contribution is 0.0546. The first-order chi connectivity index (χ1) is 8.70. The zero-order valence-electron chi connectivity index (χ0n) is 10.6. The molecule has 1 aliphatic rings. The Hall–Kier alpha value is -1.62. The van der Waals surface area contributed by atoms with Crippen LogP contribution in [0.4, 0.5) is 5.82 Å². The Morgan fingerprint density at radius 1 is 1.50 bits per heavy atom. The number of likely N-dealkylation sites (tertiary alicyclic amines) is 1. The van der Waals surface area contributed by atoms with Crippen LogP contribution in [0.1, 0.15) is 30.1 Å². The first kappa shape index (κ1) is 12.8. The molecule has 1 aromatic rings. The summed E-state index contributed by atoms with van der Waals surface area (Å²) in [4.78, 5) is 18.1. The molecule has 18 heavy (non-hydrogen) atoms. The number of aliphatic hydroxyl groups is 1. The molecule has 1 aromatic heterocycles. The van der Waals surface area contributed by atoms with E-state index < -0.39 is 0 Å². The van der Waals surface area contributed by atoms with Gasteiger partial charge in [0, 0.05) is 25.8 Å². The third-order valence-electron chi connectivity index (χ3n) is 3.12. The summed E-state index contributed by atoms with van der Waals surface area (Å²) in [5.74, 6) is 0.778. The van der Waals surface area contributed by atoms with Crippen molar-refractivity contribution in [1.29, 1.82) is 0 Å². The van der Waals surface area contributed by atoms with Gasteiger partial charge in [0.1, 0.15) is 5.82 Å². The van der Waals surface area contributed by atoms with E-state index in [1.165, 1.54) is 0 Å². The van der Waals surface area contributed by atoms with Gasteiger partial charge in [-0.05, 0) is 31.9 Å². The van der Waals surface area contributed by atoms with Crippen LogP contribution in [0.15, 0.2) is 18.3 Å². The minimum Gasteiger partial charge on any atom is -0.393 e. The van der Waals surface area contributed by atoms with E-state index in [4.69, 9.17) is 0 Å². The number of amides is 1. The number of rotatable bonds is 3. The fourth-order valence-electron chi connectivity index (χ4n) is 2.06. The maximum Gasteiger partial charge on any atom is 0.255 e. The quantitative estimate of drug-likeness (QED) is 0.842. The van der Waals surface area contributed by atoms with Crippen LogP contribution in [-0.2, 0) is 0 Å². The maximum absolute atomic E-state index is 12.2. The Balaban J connectivity index is 2.00. The Kier molecular flexibility index (Phi) is 4.15. The first-order valence-electron chi connectivity index (χ1n) is 6.38. The first-order valence-corrected chi connectivity index (χ1v) is 6.38. The number of anilines is 1. The summed E-state index contributed by atoms with van der Waals surface area (Å²) < 4.78 is 0. The Morgan fingerprint density at radius 3 is 2.78 bits per heavy atom. The Labute approximate surface area is 107 Å². The van der Waals surface area contributed by atoms with Crippen LogP contribution in [0.5, 0.6) is 0 Å². The highest BCUT2D eigenvalue weighted by Crippen LogP contribution is 2.14. The highest BCUT2D eigenvalue weighted by atomic mass is 16.3. The van der Waals surface area contributed by atoms with Gasteiger partial charge in [-0.3, -0.25) is 4.79 Å². The largest absolute Gasteiger partial charge is 0.393 e. The van der Waals surface area contributed by atoms with Gasteiger partial charge in [0.15, 0.2) is 0 Å². The molecule has 1 saturated heterocycles. The van der Waals surface area contributed by atoms with Crippen molar-refractivity contribution in [3.63, 3.8) is 0 Å². The summed E-state index contributed by atoms with van der Waals surface area (Å²) in [5, 5.41) is 12.5. The summed E-state index contributed by atoms with van der Waals surface area (Å²) >= 11 is 0. The second-order valence-electron chi connectivity index (χ2n) is 4.49. The molecule has 1 aliphatic heterocycles. The minimum absolute atomic E-state index is 0.00236. The van der Waals surface area contributed by atoms with Crippen molar-refractivity contribution in [2.45, 2.75) is 25.9 Å². The SMILES string of the molecule is CCNc1ccc(C(=O)N2CCC(O)CC2)cn1. The molecule has 5 heteroatoms. The molecule has 98 valence electrons. The fourth-order valence-corrected chi connectivity index (χ4v) is 2.06. The number of aromatic nitrogens is 1. The number of hydrogen-bond donors (Lipinski definition) is 2. The molecule has 0 aromatic carbocycles. The smallest absolute Gasteiger partial charge is 0.255 e. The zero-order chi connectivity index (χ0) is 13.0. The average molecular weight is 249 g/mol. The van der Waals surface area contributed by atoms with Gasteiger partial charge in [0.2, 0.25) is 0 Å². The zero-order valence-corrected chi connectivity index (χ0v) is 10.6. The van der Waals surface area contributed by atoms with Crippen LogP contribution in [0.25, 0.3) is 0 Å². The molecule has 2 heterocycles. The monoisotopic (exact) mass is 249 g/mol. The summed E-state index contributed by atoms with van der Waals surface area (Å²) in [6, 6.07) is 3.61. The molecule has 1 amide bonds. The third kappa shape index (κ3) is 2.98. The van der Waals surface area contributed by atoms with Crippen LogP contribution in [0.3, 0.4) is 0 Å². The van der Waals surface area contributed by atoms with Crippen molar-refractivity contribution in [1.82, 2.24) is 9.88 Å². The van der Waals surface area contributed by atoms with E-state index in [0.29, 0.717) is 31.5 Å². The van der Waals surface area contributed by atoms with Gasteiger partial charge in [-0.1, -0.05) is 0 Å². The summed E-state index contributed by atoms with van der Waals surface area (Å²) in [7, 11) is 0. The number of piperidine rings is 1. The van der Waals surface area contributed by atoms with Crippen LogP contribution < -0.4 is 5.32 Å². The number of aliphatic hydroxyl groups excluding tert-OH is 1. The summed E-state index contributed by atoms with van der Waals surface area (Å²) in [6.45, 7) is 4.05. The minimum atomic E-state index is -0.261. The van der Waals surface area contributed by atoms with E-state index in [0.717, 1.165) is 12.4 Å². The molecule has 5 nitrogen and oxygen atoms in total. The van der Waals surface area contributed by atoms with Crippen molar-refractivity contribution in [3.05, 3.63) is 23.9 Å². The highest BCUT2D eigenvalue weighted by Gasteiger charge is 2.22. The van der Waals surface area contributed by atoms with E-state index in [-0.39, 0.29) is 12.0 Å². The maximum atomic E-state index is 12.2. The normalized spacial score (nSPS) is 16.7. The number of carbonyl (C=O) groups excluding carboxylic acids is 1. The summed E-state index contributed by atoms with van der Waals surface area (Å²) in [6.07, 6.45) is 2.66. The topological polar surface area (TPSA) is 65.5 Å². The van der Waals surface area contributed by atoms with Crippen LogP contribution in [0.2, 0.25) is 0 Å². The number of carbonyl (C=O) groups is 1. The van der Waals surface area contributed by atoms with Crippen LogP contribution in [0, 0.1) is 0 Å². The second-order valence-corrected chi connectivity index (χ2v) is 4.49. The van der Waals surface area contributed by atoms with Gasteiger partial charge < -0.3 is 15.3 Å². The Morgan fingerprint density at radius 2 is 2.22 bits per heavy atom. The fraction of sp³-hybridized carbons (Fsp3) is 0.538. The molecule has 0 unspecified atom stereocenters. The van der Waals surface area contributed by atoms with Gasteiger partial charge in [0.05, 0.1) is 11.7 Å². The predicted octanol–water partition coefficient (Wildman–Crippen LogP) is 1.11. The number of nitrogens with zero attached hydrogens (tertiary/aromatic N) is 2. The molecule has 0 spiro atoms. The standard InChI is InChI=1S/C13H19N3O2/c1-2-14-12-4-3-10(9-15-12)13(18)16-7-5-11(17)6-8-16/h3-4,9,11,17H,2,5-8H2,1H3,(H,14,15). The summed E-state index contributed by atoms with van der Waals surface area (Å²) in [5.41, 5.74) is 0.605. The van der Waals surface area contributed by atoms with Gasteiger partial charge in [-0.15, -0.1) is 0 Å². The Bertz CT molecular complexity index is 397. The highest BCUT2D eigenvalue weighted by molar-refractivity contribution is 5.94. The van der Waals surface area contributed by atoms with Gasteiger partial charge in [-0.25, -0.2) is 4.98 Å². The molecule has 0 radical (unpaired) electrons. The second kappa shape index (κ2) is 5.82. The van der Waals surface area contributed by atoms with E-state index in [9.17, 15) is 9.90 Å². The lowest BCUT2D eigenvalue weighted by Crippen LogP contribution is -2.40. The molecular weight excluding hydrogens is 230 g/mol. The van der Waals surface area contributed by atoms with Crippen molar-refractivity contribution < 1.29 is 9.90 Å². The molecule has 2 rings (SSSR count). The van der Waals surface area contributed by atoms with Crippen LogP contribution in [-0.4, -0.2) is 46.6 Å². The van der Waals surface area contributed by atoms with E-state index in [1.807, 2.05) is 13.0 Å².